The van der Waals surface area contributed by atoms with Crippen LogP contribution in [0.25, 0.3) is 0 Å². The van der Waals surface area contributed by atoms with Crippen LogP contribution in [0.5, 0.6) is 0 Å². The average molecular weight is 304 g/mol. The van der Waals surface area contributed by atoms with Crippen LogP contribution >= 0.6 is 0 Å². The largest absolute Gasteiger partial charge is 0.708 e. The summed E-state index contributed by atoms with van der Waals surface area (Å²) in [5.74, 6) is -1.97. The van der Waals surface area contributed by atoms with Gasteiger partial charge in [-0.2, -0.15) is 0 Å². The van der Waals surface area contributed by atoms with Crippen LogP contribution in [0.4, 0.5) is 0 Å². The zero-order valence-electron chi connectivity index (χ0n) is 12.3. The Labute approximate surface area is 118 Å². The first kappa shape index (κ1) is 16.6. The molecule has 0 aromatic carbocycles. The Balaban J connectivity index is 3.14. The van der Waals surface area contributed by atoms with Crippen LogP contribution in [-0.4, -0.2) is 39.9 Å². The lowest BCUT2D eigenvalue weighted by Crippen LogP contribution is -2.60. The first-order valence-electron chi connectivity index (χ1n) is 6.28. The molecule has 114 valence electrons. The van der Waals surface area contributed by atoms with E-state index in [1.54, 1.807) is 6.92 Å². The maximum absolute atomic E-state index is 11.4. The summed E-state index contributed by atoms with van der Waals surface area (Å²) in [6.45, 7) is 8.03. The van der Waals surface area contributed by atoms with Gasteiger partial charge in [-0.3, -0.25) is 14.4 Å². The summed E-state index contributed by atoms with van der Waals surface area (Å²) in [5, 5.41) is 0. The molecule has 20 heavy (non-hydrogen) atoms. The highest BCUT2D eigenvalue weighted by Crippen LogP contribution is 2.46. The summed E-state index contributed by atoms with van der Waals surface area (Å²) >= 11 is 0. The Bertz CT molecular complexity index is 375. The van der Waals surface area contributed by atoms with Gasteiger partial charge in [-0.25, -0.2) is 0 Å². The van der Waals surface area contributed by atoms with Crippen molar-refractivity contribution in [2.24, 2.45) is 5.41 Å². The van der Waals surface area contributed by atoms with E-state index in [4.69, 9.17) is 18.0 Å². The molecule has 7 nitrogen and oxygen atoms in total. The highest BCUT2D eigenvalue weighted by molar-refractivity contribution is 6.67. The molecule has 0 radical (unpaired) electrons. The van der Waals surface area contributed by atoms with Gasteiger partial charge in [-0.15, -0.1) is 0 Å². The molecular formula is C12H20O7Si. The Morgan fingerprint density at radius 2 is 1.35 bits per heavy atom. The van der Waals surface area contributed by atoms with E-state index in [1.807, 2.05) is 6.92 Å². The van der Waals surface area contributed by atoms with Crippen molar-refractivity contribution < 1.29 is 32.4 Å². The second kappa shape index (κ2) is 5.92. The highest BCUT2D eigenvalue weighted by atomic mass is 28.4. The van der Waals surface area contributed by atoms with Crippen molar-refractivity contribution in [1.29, 1.82) is 0 Å². The van der Waals surface area contributed by atoms with Crippen LogP contribution in [-0.2, 0) is 32.4 Å². The van der Waals surface area contributed by atoms with Crippen molar-refractivity contribution in [3.63, 3.8) is 0 Å². The standard InChI is InChI=1S/C12H20O7Si/c1-8(12(5)6-16-7-12)20(17-9(2)13,18-10(3)14)19-11(4)15/h8H,6-7H2,1-5H3. The molecular weight excluding hydrogens is 284 g/mol. The van der Waals surface area contributed by atoms with Gasteiger partial charge in [-0.1, -0.05) is 13.8 Å². The van der Waals surface area contributed by atoms with Crippen LogP contribution in [0, 0.1) is 5.41 Å². The van der Waals surface area contributed by atoms with Crippen LogP contribution in [0.3, 0.4) is 0 Å². The number of carbonyl (C=O) groups is 3. The van der Waals surface area contributed by atoms with E-state index in [0.29, 0.717) is 13.2 Å². The molecule has 0 aromatic heterocycles. The summed E-state index contributed by atoms with van der Waals surface area (Å²) in [5.41, 5.74) is -0.813. The van der Waals surface area contributed by atoms with Gasteiger partial charge in [0.15, 0.2) is 0 Å². The second-order valence-corrected chi connectivity index (χ2v) is 7.94. The zero-order chi connectivity index (χ0) is 15.6. The SMILES string of the molecule is CC(=O)O[Si](OC(C)=O)(OC(C)=O)C(C)C1(C)COC1. The van der Waals surface area contributed by atoms with Crippen LogP contribution < -0.4 is 0 Å². The lowest BCUT2D eigenvalue weighted by molar-refractivity contribution is -0.154. The molecule has 1 atom stereocenters. The van der Waals surface area contributed by atoms with E-state index in [2.05, 4.69) is 0 Å². The minimum Gasteiger partial charge on any atom is -0.455 e. The van der Waals surface area contributed by atoms with Crippen LogP contribution in [0.1, 0.15) is 34.6 Å². The fourth-order valence-electron chi connectivity index (χ4n) is 2.03. The summed E-state index contributed by atoms with van der Waals surface area (Å²) in [7, 11) is -3.82. The van der Waals surface area contributed by atoms with Crippen molar-refractivity contribution in [1.82, 2.24) is 0 Å². The molecule has 0 amide bonds. The minimum atomic E-state index is -3.82. The lowest BCUT2D eigenvalue weighted by atomic mass is 9.85. The third-order valence-corrected chi connectivity index (χ3v) is 6.77. The third kappa shape index (κ3) is 3.57. The number of carbonyl (C=O) groups excluding carboxylic acids is 3. The molecule has 1 rings (SSSR count). The molecule has 0 saturated carbocycles. The summed E-state index contributed by atoms with van der Waals surface area (Å²) in [6.07, 6.45) is 0. The molecule has 8 heteroatoms. The van der Waals surface area contributed by atoms with Crippen molar-refractivity contribution >= 4 is 26.7 Å². The van der Waals surface area contributed by atoms with Gasteiger partial charge in [0.2, 0.25) is 0 Å². The monoisotopic (exact) mass is 304 g/mol. The highest BCUT2D eigenvalue weighted by Gasteiger charge is 2.64. The number of ether oxygens (including phenoxy) is 1. The smallest absolute Gasteiger partial charge is 0.455 e. The van der Waals surface area contributed by atoms with Gasteiger partial charge in [0.1, 0.15) is 0 Å². The quantitative estimate of drug-likeness (QED) is 0.701. The van der Waals surface area contributed by atoms with Gasteiger partial charge in [-0.05, 0) is 0 Å². The fourth-order valence-corrected chi connectivity index (χ4v) is 4.91. The van der Waals surface area contributed by atoms with Gasteiger partial charge >= 0.3 is 8.80 Å². The maximum Gasteiger partial charge on any atom is 0.708 e. The van der Waals surface area contributed by atoms with Gasteiger partial charge in [0.25, 0.3) is 17.9 Å². The van der Waals surface area contributed by atoms with Crippen molar-refractivity contribution in [3.8, 4) is 0 Å². The summed E-state index contributed by atoms with van der Waals surface area (Å²) in [6, 6.07) is 0. The zero-order valence-corrected chi connectivity index (χ0v) is 13.3. The minimum absolute atomic E-state index is 0.368. The first-order chi connectivity index (χ1) is 9.11. The van der Waals surface area contributed by atoms with Gasteiger partial charge < -0.3 is 18.0 Å². The van der Waals surface area contributed by atoms with Gasteiger partial charge in [0.05, 0.1) is 18.8 Å². The molecule has 1 saturated heterocycles. The number of rotatable bonds is 5. The van der Waals surface area contributed by atoms with E-state index in [1.165, 1.54) is 20.8 Å². The summed E-state index contributed by atoms with van der Waals surface area (Å²) < 4.78 is 20.8. The van der Waals surface area contributed by atoms with Crippen molar-refractivity contribution in [2.45, 2.75) is 40.2 Å². The number of hydrogen-bond acceptors (Lipinski definition) is 7. The molecule has 0 spiro atoms. The molecule has 1 heterocycles. The summed E-state index contributed by atoms with van der Waals surface area (Å²) in [4.78, 5) is 34.1. The van der Waals surface area contributed by atoms with Crippen molar-refractivity contribution in [3.05, 3.63) is 0 Å². The Morgan fingerprint density at radius 1 is 1.00 bits per heavy atom. The van der Waals surface area contributed by atoms with Crippen LogP contribution in [0.15, 0.2) is 0 Å². The predicted octanol–water partition coefficient (Wildman–Crippen LogP) is 1.04. The second-order valence-electron chi connectivity index (χ2n) is 5.25. The lowest BCUT2D eigenvalue weighted by Gasteiger charge is -2.46. The first-order valence-corrected chi connectivity index (χ1v) is 8.08. The molecule has 0 aliphatic carbocycles. The maximum atomic E-state index is 11.4. The van der Waals surface area contributed by atoms with E-state index in [-0.39, 0.29) is 5.41 Å². The predicted molar refractivity (Wildman–Crippen MR) is 69.4 cm³/mol. The van der Waals surface area contributed by atoms with E-state index in [9.17, 15) is 14.4 Å². The Kier molecular flexibility index (Phi) is 4.93. The molecule has 0 N–H and O–H groups in total. The van der Waals surface area contributed by atoms with E-state index in [0.717, 1.165) is 0 Å². The molecule has 0 bridgehead atoms. The van der Waals surface area contributed by atoms with Gasteiger partial charge in [0, 0.05) is 26.2 Å². The average Bonchev–Trinajstić information content (AvgIpc) is 2.21. The molecule has 1 aliphatic rings. The van der Waals surface area contributed by atoms with E-state index < -0.39 is 32.3 Å². The topological polar surface area (TPSA) is 88.1 Å². The normalized spacial score (nSPS) is 18.4. The fraction of sp³-hybridized carbons (Fsp3) is 0.750. The molecule has 1 unspecified atom stereocenters. The van der Waals surface area contributed by atoms with Crippen LogP contribution in [0.2, 0.25) is 5.54 Å². The molecule has 1 aliphatic heterocycles. The number of hydrogen-bond donors (Lipinski definition) is 0. The molecule has 0 aromatic rings. The Morgan fingerprint density at radius 3 is 1.55 bits per heavy atom. The Hall–Kier alpha value is -1.41. The van der Waals surface area contributed by atoms with E-state index >= 15 is 0 Å². The molecule has 1 fully saturated rings. The van der Waals surface area contributed by atoms with Crippen molar-refractivity contribution in [2.75, 3.05) is 13.2 Å². The third-order valence-electron chi connectivity index (χ3n) is 3.30.